The molecular formula is C27H35NO3. The quantitative estimate of drug-likeness (QED) is 0.246. The van der Waals surface area contributed by atoms with Crippen LogP contribution in [0.1, 0.15) is 68.6 Å². The Morgan fingerprint density at radius 1 is 1.03 bits per heavy atom. The van der Waals surface area contributed by atoms with Crippen LogP contribution in [0.4, 0.5) is 0 Å². The highest BCUT2D eigenvalue weighted by atomic mass is 16.5. The summed E-state index contributed by atoms with van der Waals surface area (Å²) in [6.45, 7) is 3.94. The molecule has 2 aromatic carbocycles. The molecule has 4 heteroatoms. The zero-order chi connectivity index (χ0) is 21.9. The summed E-state index contributed by atoms with van der Waals surface area (Å²) in [7, 11) is 1.99. The van der Waals surface area contributed by atoms with Crippen LogP contribution < -0.4 is 4.74 Å². The molecule has 0 spiro atoms. The van der Waals surface area contributed by atoms with E-state index in [-0.39, 0.29) is 5.97 Å². The largest absolute Gasteiger partial charge is 0.488 e. The van der Waals surface area contributed by atoms with Gasteiger partial charge < -0.3 is 9.47 Å². The summed E-state index contributed by atoms with van der Waals surface area (Å²) in [6.07, 6.45) is 9.37. The van der Waals surface area contributed by atoms with Gasteiger partial charge in [0.05, 0.1) is 0 Å². The Hall–Kier alpha value is -2.59. The Balaban J connectivity index is 1.53. The molecule has 0 amide bonds. The van der Waals surface area contributed by atoms with E-state index in [9.17, 15) is 4.79 Å². The van der Waals surface area contributed by atoms with E-state index < -0.39 is 0 Å². The Kier molecular flexibility index (Phi) is 9.16. The third-order valence-electron chi connectivity index (χ3n) is 5.66. The minimum Gasteiger partial charge on any atom is -0.488 e. The first-order valence-corrected chi connectivity index (χ1v) is 11.5. The number of carbonyl (C=O) groups is 1. The molecule has 3 rings (SSSR count). The Morgan fingerprint density at radius 3 is 2.61 bits per heavy atom. The van der Waals surface area contributed by atoms with Crippen molar-refractivity contribution in [2.75, 3.05) is 20.3 Å². The van der Waals surface area contributed by atoms with Crippen LogP contribution in [0, 0.1) is 0 Å². The molecule has 0 saturated heterocycles. The first kappa shape index (κ1) is 23.1. The van der Waals surface area contributed by atoms with Crippen LogP contribution in [0.15, 0.2) is 54.6 Å². The van der Waals surface area contributed by atoms with E-state index in [1.807, 2.05) is 19.2 Å². The van der Waals surface area contributed by atoms with Crippen molar-refractivity contribution in [2.24, 2.45) is 0 Å². The van der Waals surface area contributed by atoms with Crippen molar-refractivity contribution in [3.05, 3.63) is 71.3 Å². The van der Waals surface area contributed by atoms with Crippen molar-refractivity contribution in [3.8, 4) is 5.75 Å². The Bertz CT molecular complexity index is 825. The van der Waals surface area contributed by atoms with Gasteiger partial charge in [-0.15, -0.1) is 0 Å². The van der Waals surface area contributed by atoms with Gasteiger partial charge in [-0.3, -0.25) is 9.69 Å². The zero-order valence-corrected chi connectivity index (χ0v) is 18.9. The fraction of sp³-hybridized carbons (Fsp3) is 0.444. The smallest absolute Gasteiger partial charge is 0.307 e. The van der Waals surface area contributed by atoms with E-state index in [1.165, 1.54) is 36.0 Å². The summed E-state index contributed by atoms with van der Waals surface area (Å²) in [5, 5.41) is 0. The molecule has 0 unspecified atom stereocenters. The zero-order valence-electron chi connectivity index (χ0n) is 18.9. The molecule has 0 fully saturated rings. The molecular weight excluding hydrogens is 386 g/mol. The second-order valence-corrected chi connectivity index (χ2v) is 8.24. The lowest BCUT2D eigenvalue weighted by Crippen LogP contribution is -2.24. The van der Waals surface area contributed by atoms with Crippen molar-refractivity contribution in [1.29, 1.82) is 0 Å². The summed E-state index contributed by atoms with van der Waals surface area (Å²) in [4.78, 5) is 14.0. The van der Waals surface area contributed by atoms with Crippen LogP contribution in [0.3, 0.4) is 0 Å². The number of ether oxygens (including phenoxy) is 2. The number of nitrogens with zero attached hydrogens (tertiary/aromatic N) is 1. The van der Waals surface area contributed by atoms with Gasteiger partial charge in [0.2, 0.25) is 0 Å². The highest BCUT2D eigenvalue weighted by Crippen LogP contribution is 2.36. The predicted molar refractivity (Wildman–Crippen MR) is 126 cm³/mol. The van der Waals surface area contributed by atoms with E-state index in [1.54, 1.807) is 0 Å². The number of esters is 1. The van der Waals surface area contributed by atoms with E-state index in [0.717, 1.165) is 37.1 Å². The molecule has 1 heterocycles. The van der Waals surface area contributed by atoms with Crippen LogP contribution in [-0.2, 0) is 16.1 Å². The van der Waals surface area contributed by atoms with Crippen molar-refractivity contribution in [1.82, 2.24) is 4.90 Å². The summed E-state index contributed by atoms with van der Waals surface area (Å²) < 4.78 is 11.5. The van der Waals surface area contributed by atoms with Crippen molar-refractivity contribution >= 4 is 11.5 Å². The van der Waals surface area contributed by atoms with Gasteiger partial charge in [-0.1, -0.05) is 81.1 Å². The summed E-state index contributed by atoms with van der Waals surface area (Å²) in [5.41, 5.74) is 4.77. The van der Waals surface area contributed by atoms with Gasteiger partial charge in [0, 0.05) is 18.5 Å². The minimum atomic E-state index is -0.0922. The van der Waals surface area contributed by atoms with Crippen molar-refractivity contribution in [2.45, 2.75) is 58.5 Å². The predicted octanol–water partition coefficient (Wildman–Crippen LogP) is 6.19. The molecule has 31 heavy (non-hydrogen) atoms. The van der Waals surface area contributed by atoms with E-state index in [4.69, 9.17) is 9.47 Å². The average molecular weight is 422 g/mol. The molecule has 1 aliphatic rings. The molecule has 0 atom stereocenters. The third kappa shape index (κ3) is 6.96. The molecule has 0 bridgehead atoms. The van der Waals surface area contributed by atoms with Gasteiger partial charge in [-0.2, -0.15) is 0 Å². The number of rotatable bonds is 11. The van der Waals surface area contributed by atoms with Gasteiger partial charge in [0.1, 0.15) is 19.1 Å². The normalized spacial score (nSPS) is 14.0. The number of benzene rings is 2. The summed E-state index contributed by atoms with van der Waals surface area (Å²) in [5.74, 6) is 0.830. The number of para-hydroxylation sites is 1. The maximum atomic E-state index is 11.9. The summed E-state index contributed by atoms with van der Waals surface area (Å²) >= 11 is 0. The number of hydrogen-bond acceptors (Lipinski definition) is 4. The second-order valence-electron chi connectivity index (χ2n) is 8.24. The van der Waals surface area contributed by atoms with E-state index in [0.29, 0.717) is 19.8 Å². The molecule has 0 N–H and O–H groups in total. The van der Waals surface area contributed by atoms with Crippen LogP contribution in [0.2, 0.25) is 0 Å². The molecule has 4 nitrogen and oxygen atoms in total. The van der Waals surface area contributed by atoms with Crippen molar-refractivity contribution in [3.63, 3.8) is 0 Å². The third-order valence-corrected chi connectivity index (χ3v) is 5.66. The van der Waals surface area contributed by atoms with Crippen molar-refractivity contribution < 1.29 is 14.3 Å². The minimum absolute atomic E-state index is 0.0922. The SMILES string of the molecule is CCCCCCCC(=O)OCN(C)CC/C=C1\c2ccccc2COc2ccccc21. The first-order valence-electron chi connectivity index (χ1n) is 11.5. The second kappa shape index (κ2) is 12.3. The number of carbonyl (C=O) groups excluding carboxylic acids is 1. The van der Waals surface area contributed by atoms with E-state index >= 15 is 0 Å². The average Bonchev–Trinajstić information content (AvgIpc) is 2.95. The van der Waals surface area contributed by atoms with Gasteiger partial charge in [0.25, 0.3) is 0 Å². The van der Waals surface area contributed by atoms with Gasteiger partial charge in [-0.05, 0) is 42.7 Å². The highest BCUT2D eigenvalue weighted by molar-refractivity contribution is 5.84. The van der Waals surface area contributed by atoms with Gasteiger partial charge >= 0.3 is 5.97 Å². The molecule has 0 aromatic heterocycles. The fourth-order valence-electron chi connectivity index (χ4n) is 3.87. The first-order chi connectivity index (χ1) is 15.2. The summed E-state index contributed by atoms with van der Waals surface area (Å²) in [6, 6.07) is 16.6. The molecule has 2 aromatic rings. The maximum absolute atomic E-state index is 11.9. The topological polar surface area (TPSA) is 38.8 Å². The number of fused-ring (bicyclic) bond motifs is 2. The molecule has 0 saturated carbocycles. The van der Waals surface area contributed by atoms with E-state index in [2.05, 4.69) is 54.3 Å². The monoisotopic (exact) mass is 421 g/mol. The number of hydrogen-bond donors (Lipinski definition) is 0. The van der Waals surface area contributed by atoms with Crippen LogP contribution >= 0.6 is 0 Å². The molecule has 0 aliphatic carbocycles. The lowest BCUT2D eigenvalue weighted by Gasteiger charge is -2.16. The maximum Gasteiger partial charge on any atom is 0.307 e. The van der Waals surface area contributed by atoms with Gasteiger partial charge in [-0.25, -0.2) is 0 Å². The Morgan fingerprint density at radius 2 is 1.77 bits per heavy atom. The fourth-order valence-corrected chi connectivity index (χ4v) is 3.87. The highest BCUT2D eigenvalue weighted by Gasteiger charge is 2.18. The number of unbranched alkanes of at least 4 members (excludes halogenated alkanes) is 4. The van der Waals surface area contributed by atoms with Crippen LogP contribution in [0.5, 0.6) is 5.75 Å². The Labute approximate surface area is 186 Å². The lowest BCUT2D eigenvalue weighted by molar-refractivity contribution is -0.148. The molecule has 1 aliphatic heterocycles. The van der Waals surface area contributed by atoms with Crippen LogP contribution in [-0.4, -0.2) is 31.2 Å². The van der Waals surface area contributed by atoms with Crippen LogP contribution in [0.25, 0.3) is 5.57 Å². The standard InChI is InChI=1S/C27H35NO3/c1-3-4-5-6-7-18-27(29)31-21-28(2)19-12-16-24-23-14-9-8-13-22(23)20-30-26-17-11-10-15-25(24)26/h8-11,13-17H,3-7,12,18-21H2,1-2H3/b24-16+. The van der Waals surface area contributed by atoms with Gasteiger partial charge in [0.15, 0.2) is 0 Å². The molecule has 0 radical (unpaired) electrons. The lowest BCUT2D eigenvalue weighted by atomic mass is 9.93. The molecule has 166 valence electrons.